The van der Waals surface area contributed by atoms with Crippen LogP contribution in [-0.4, -0.2) is 35.6 Å². The Hall–Kier alpha value is -2.58. The van der Waals surface area contributed by atoms with Crippen LogP contribution >= 0.6 is 23.1 Å². The highest BCUT2D eigenvalue weighted by Crippen LogP contribution is 2.32. The molecule has 25 heavy (non-hydrogen) atoms. The first-order valence-electron chi connectivity index (χ1n) is 7.29. The van der Waals surface area contributed by atoms with Gasteiger partial charge < -0.3 is 10.1 Å². The number of nitrogens with zero attached hydrogens (tertiary/aromatic N) is 1. The van der Waals surface area contributed by atoms with Crippen LogP contribution in [0.4, 0.5) is 10.5 Å². The zero-order valence-corrected chi connectivity index (χ0v) is 14.9. The number of methoxy groups -OCH3 is 1. The van der Waals surface area contributed by atoms with Crippen molar-refractivity contribution in [3.8, 4) is 5.75 Å². The summed E-state index contributed by atoms with van der Waals surface area (Å²) >= 11 is 2.31. The van der Waals surface area contributed by atoms with E-state index in [1.807, 2.05) is 17.5 Å². The van der Waals surface area contributed by atoms with Crippen molar-refractivity contribution in [3.05, 3.63) is 51.6 Å². The van der Waals surface area contributed by atoms with Gasteiger partial charge in [0.05, 0.1) is 12.0 Å². The number of carbonyl (C=O) groups excluding carboxylic acids is 3. The average Bonchev–Trinajstić information content (AvgIpc) is 3.20. The first-order chi connectivity index (χ1) is 12.1. The zero-order chi connectivity index (χ0) is 17.8. The van der Waals surface area contributed by atoms with Gasteiger partial charge >= 0.3 is 0 Å². The van der Waals surface area contributed by atoms with E-state index >= 15 is 0 Å². The molecule has 1 aromatic carbocycles. The van der Waals surface area contributed by atoms with E-state index in [0.717, 1.165) is 21.5 Å². The van der Waals surface area contributed by atoms with Gasteiger partial charge in [0.15, 0.2) is 0 Å². The highest BCUT2D eigenvalue weighted by atomic mass is 32.2. The van der Waals surface area contributed by atoms with Gasteiger partial charge in [-0.25, -0.2) is 0 Å². The number of ether oxygens (including phenoxy) is 1. The maximum atomic E-state index is 12.3. The van der Waals surface area contributed by atoms with Crippen LogP contribution in [-0.2, 0) is 9.59 Å². The standard InChI is InChI=1S/C17H14N2O4S2/c1-23-12-6-4-11(5-7-12)18-15(20)10-19-16(21)14(25-17(19)22)9-13-3-2-8-24-13/h2-9H,10H2,1H3,(H,18,20)/b14-9-. The topological polar surface area (TPSA) is 75.7 Å². The molecule has 0 unspecified atom stereocenters. The lowest BCUT2D eigenvalue weighted by atomic mass is 10.3. The van der Waals surface area contributed by atoms with Gasteiger partial charge in [-0.2, -0.15) is 0 Å². The predicted molar refractivity (Wildman–Crippen MR) is 98.6 cm³/mol. The van der Waals surface area contributed by atoms with Gasteiger partial charge in [0.25, 0.3) is 11.1 Å². The fraction of sp³-hybridized carbons (Fsp3) is 0.118. The number of hydrogen-bond donors (Lipinski definition) is 1. The summed E-state index contributed by atoms with van der Waals surface area (Å²) in [4.78, 5) is 38.6. The Kier molecular flexibility index (Phi) is 5.20. The molecule has 3 rings (SSSR count). The molecule has 1 aliphatic heterocycles. The van der Waals surface area contributed by atoms with E-state index in [1.54, 1.807) is 37.5 Å². The maximum absolute atomic E-state index is 12.3. The van der Waals surface area contributed by atoms with Gasteiger partial charge in [-0.1, -0.05) is 6.07 Å². The lowest BCUT2D eigenvalue weighted by Crippen LogP contribution is -2.36. The molecule has 0 saturated carbocycles. The molecule has 1 aromatic heterocycles. The Labute approximate surface area is 152 Å². The minimum atomic E-state index is -0.451. The molecule has 1 saturated heterocycles. The fourth-order valence-electron chi connectivity index (χ4n) is 2.16. The third kappa shape index (κ3) is 4.09. The number of rotatable bonds is 5. The third-order valence-electron chi connectivity index (χ3n) is 3.37. The van der Waals surface area contributed by atoms with Crippen LogP contribution in [0.5, 0.6) is 5.75 Å². The van der Waals surface area contributed by atoms with E-state index in [4.69, 9.17) is 4.74 Å². The van der Waals surface area contributed by atoms with Crippen LogP contribution in [0.2, 0.25) is 0 Å². The van der Waals surface area contributed by atoms with Crippen molar-refractivity contribution in [1.29, 1.82) is 0 Å². The summed E-state index contributed by atoms with van der Waals surface area (Å²) in [7, 11) is 1.55. The van der Waals surface area contributed by atoms with Gasteiger partial charge in [0, 0.05) is 10.6 Å². The Bertz CT molecular complexity index is 829. The van der Waals surface area contributed by atoms with E-state index < -0.39 is 17.1 Å². The number of hydrogen-bond acceptors (Lipinski definition) is 6. The fourth-order valence-corrected chi connectivity index (χ4v) is 3.72. The lowest BCUT2D eigenvalue weighted by Gasteiger charge is -2.12. The van der Waals surface area contributed by atoms with Gasteiger partial charge in [-0.05, 0) is 53.5 Å². The Morgan fingerprint density at radius 1 is 1.24 bits per heavy atom. The molecule has 2 heterocycles. The second kappa shape index (κ2) is 7.54. The van der Waals surface area contributed by atoms with Crippen molar-refractivity contribution >= 4 is 51.9 Å². The molecule has 0 aliphatic carbocycles. The Morgan fingerprint density at radius 2 is 2.00 bits per heavy atom. The Morgan fingerprint density at radius 3 is 2.64 bits per heavy atom. The molecule has 8 heteroatoms. The lowest BCUT2D eigenvalue weighted by molar-refractivity contribution is -0.127. The van der Waals surface area contributed by atoms with Crippen molar-refractivity contribution in [2.75, 3.05) is 19.0 Å². The number of thiophene rings is 1. The molecule has 3 amide bonds. The molecule has 1 fully saturated rings. The number of nitrogens with one attached hydrogen (secondary N) is 1. The number of benzene rings is 1. The molecule has 0 spiro atoms. The average molecular weight is 374 g/mol. The minimum absolute atomic E-state index is 0.321. The second-order valence-corrected chi connectivity index (χ2v) is 7.03. The van der Waals surface area contributed by atoms with Crippen LogP contribution in [0.3, 0.4) is 0 Å². The van der Waals surface area contributed by atoms with Crippen LogP contribution in [0.1, 0.15) is 4.88 Å². The number of thioether (sulfide) groups is 1. The summed E-state index contributed by atoms with van der Waals surface area (Å²) in [6.07, 6.45) is 1.66. The first kappa shape index (κ1) is 17.2. The molecule has 6 nitrogen and oxygen atoms in total. The van der Waals surface area contributed by atoms with Crippen LogP contribution in [0.15, 0.2) is 46.7 Å². The summed E-state index contributed by atoms with van der Waals surface area (Å²) < 4.78 is 5.05. The summed E-state index contributed by atoms with van der Waals surface area (Å²) in [6, 6.07) is 10.5. The maximum Gasteiger partial charge on any atom is 0.294 e. The largest absolute Gasteiger partial charge is 0.497 e. The third-order valence-corrected chi connectivity index (χ3v) is 5.09. The second-order valence-electron chi connectivity index (χ2n) is 5.06. The first-order valence-corrected chi connectivity index (χ1v) is 8.99. The van der Waals surface area contributed by atoms with Crippen molar-refractivity contribution in [1.82, 2.24) is 4.90 Å². The van der Waals surface area contributed by atoms with Gasteiger partial charge in [0.2, 0.25) is 5.91 Å². The number of amides is 3. The molecule has 1 N–H and O–H groups in total. The van der Waals surface area contributed by atoms with Crippen LogP contribution in [0, 0.1) is 0 Å². The summed E-state index contributed by atoms with van der Waals surface area (Å²) in [5.41, 5.74) is 0.562. The SMILES string of the molecule is COc1ccc(NC(=O)CN2C(=O)S/C(=C\c3cccs3)C2=O)cc1. The van der Waals surface area contributed by atoms with Crippen molar-refractivity contribution in [3.63, 3.8) is 0 Å². The molecule has 2 aromatic rings. The van der Waals surface area contributed by atoms with Crippen molar-refractivity contribution < 1.29 is 19.1 Å². The molecule has 0 radical (unpaired) electrons. The number of anilines is 1. The van der Waals surface area contributed by atoms with E-state index in [0.29, 0.717) is 16.3 Å². The molecule has 128 valence electrons. The van der Waals surface area contributed by atoms with E-state index in [1.165, 1.54) is 11.3 Å². The minimum Gasteiger partial charge on any atom is -0.497 e. The smallest absolute Gasteiger partial charge is 0.294 e. The number of imide groups is 1. The molecular formula is C17H14N2O4S2. The quantitative estimate of drug-likeness (QED) is 0.812. The highest BCUT2D eigenvalue weighted by molar-refractivity contribution is 8.18. The van der Waals surface area contributed by atoms with E-state index in [9.17, 15) is 14.4 Å². The predicted octanol–water partition coefficient (Wildman–Crippen LogP) is 3.43. The summed E-state index contributed by atoms with van der Waals surface area (Å²) in [5, 5.41) is 4.10. The molecule has 0 atom stereocenters. The Balaban J connectivity index is 1.64. The van der Waals surface area contributed by atoms with Crippen molar-refractivity contribution in [2.24, 2.45) is 0 Å². The highest BCUT2D eigenvalue weighted by Gasteiger charge is 2.36. The number of carbonyl (C=O) groups is 3. The zero-order valence-electron chi connectivity index (χ0n) is 13.2. The van der Waals surface area contributed by atoms with Crippen LogP contribution < -0.4 is 10.1 Å². The molecular weight excluding hydrogens is 360 g/mol. The normalized spacial score (nSPS) is 15.7. The summed E-state index contributed by atoms with van der Waals surface area (Å²) in [6.45, 7) is -0.321. The van der Waals surface area contributed by atoms with E-state index in [-0.39, 0.29) is 6.54 Å². The molecule has 1 aliphatic rings. The summed E-state index contributed by atoms with van der Waals surface area (Å²) in [5.74, 6) is -0.222. The van der Waals surface area contributed by atoms with Gasteiger partial charge in [0.1, 0.15) is 12.3 Å². The monoisotopic (exact) mass is 374 g/mol. The van der Waals surface area contributed by atoms with E-state index in [2.05, 4.69) is 5.32 Å². The van der Waals surface area contributed by atoms with Gasteiger partial charge in [-0.3, -0.25) is 19.3 Å². The van der Waals surface area contributed by atoms with Crippen molar-refractivity contribution in [2.45, 2.75) is 0 Å². The molecule has 0 bridgehead atoms. The van der Waals surface area contributed by atoms with Crippen LogP contribution in [0.25, 0.3) is 6.08 Å². The van der Waals surface area contributed by atoms with Gasteiger partial charge in [-0.15, -0.1) is 11.3 Å².